The highest BCUT2D eigenvalue weighted by Gasteiger charge is 2.41. The van der Waals surface area contributed by atoms with Crippen LogP contribution < -0.4 is 0 Å². The third-order valence-corrected chi connectivity index (χ3v) is 3.76. The zero-order valence-electron chi connectivity index (χ0n) is 11.6. The first-order chi connectivity index (χ1) is 10.1. The molecule has 1 aromatic rings. The molecular formula is C17H14N2O2. The fraction of sp³-hybridized carbons (Fsp3) is 0.176. The monoisotopic (exact) mass is 278 g/mol. The van der Waals surface area contributed by atoms with Gasteiger partial charge in [0.1, 0.15) is 5.70 Å². The fourth-order valence-electron chi connectivity index (χ4n) is 2.77. The Morgan fingerprint density at radius 2 is 1.95 bits per heavy atom. The van der Waals surface area contributed by atoms with Crippen LogP contribution in [0.1, 0.15) is 18.9 Å². The Hall–Kier alpha value is -2.62. The van der Waals surface area contributed by atoms with Gasteiger partial charge in [0.05, 0.1) is 5.41 Å². The van der Waals surface area contributed by atoms with Crippen LogP contribution in [0.2, 0.25) is 0 Å². The molecule has 1 heterocycles. The van der Waals surface area contributed by atoms with Crippen molar-refractivity contribution in [2.75, 3.05) is 0 Å². The molecule has 0 bridgehead atoms. The summed E-state index contributed by atoms with van der Waals surface area (Å²) in [6.07, 6.45) is 7.54. The number of carbonyl (C=O) groups is 2. The summed E-state index contributed by atoms with van der Waals surface area (Å²) in [7, 11) is 0. The van der Waals surface area contributed by atoms with Gasteiger partial charge in [-0.25, -0.2) is 0 Å². The standard InChI is InChI=1S/C17H14N2O2/c1-12-6-5-9-17(11-12,13-7-3-2-4-8-13)16(21)14-10-15(20)19-18-14/h2-10H,11H2,1H3. The van der Waals surface area contributed by atoms with E-state index in [-0.39, 0.29) is 11.5 Å². The molecule has 1 atom stereocenters. The molecule has 0 spiro atoms. The molecule has 21 heavy (non-hydrogen) atoms. The van der Waals surface area contributed by atoms with E-state index in [1.807, 2.05) is 55.5 Å². The molecule has 3 rings (SSSR count). The van der Waals surface area contributed by atoms with Gasteiger partial charge in [-0.1, -0.05) is 54.1 Å². The van der Waals surface area contributed by atoms with Crippen LogP contribution in [0.5, 0.6) is 0 Å². The van der Waals surface area contributed by atoms with Crippen molar-refractivity contribution in [3.63, 3.8) is 0 Å². The first-order valence-corrected chi connectivity index (χ1v) is 6.74. The van der Waals surface area contributed by atoms with Crippen molar-refractivity contribution in [2.45, 2.75) is 18.8 Å². The van der Waals surface area contributed by atoms with Crippen molar-refractivity contribution in [2.24, 2.45) is 10.2 Å². The van der Waals surface area contributed by atoms with E-state index >= 15 is 0 Å². The Bertz CT molecular complexity index is 726. The van der Waals surface area contributed by atoms with Gasteiger partial charge in [0, 0.05) is 6.08 Å². The van der Waals surface area contributed by atoms with Crippen molar-refractivity contribution in [1.82, 2.24) is 0 Å². The first-order valence-electron chi connectivity index (χ1n) is 6.74. The van der Waals surface area contributed by atoms with Crippen LogP contribution >= 0.6 is 0 Å². The van der Waals surface area contributed by atoms with E-state index in [2.05, 4.69) is 10.2 Å². The topological polar surface area (TPSA) is 58.9 Å². The number of amides is 1. The molecular weight excluding hydrogens is 264 g/mol. The van der Waals surface area contributed by atoms with Crippen molar-refractivity contribution in [1.29, 1.82) is 0 Å². The Labute approximate surface area is 122 Å². The van der Waals surface area contributed by atoms with Gasteiger partial charge in [0.25, 0.3) is 5.91 Å². The summed E-state index contributed by atoms with van der Waals surface area (Å²) in [4.78, 5) is 24.2. The molecule has 0 aromatic heterocycles. The van der Waals surface area contributed by atoms with E-state index in [0.717, 1.165) is 11.1 Å². The lowest BCUT2D eigenvalue weighted by Crippen LogP contribution is -2.36. The zero-order chi connectivity index (χ0) is 14.9. The second-order valence-electron chi connectivity index (χ2n) is 5.28. The van der Waals surface area contributed by atoms with Crippen LogP contribution in [0.4, 0.5) is 0 Å². The number of allylic oxidation sites excluding steroid dienone is 5. The van der Waals surface area contributed by atoms with Gasteiger partial charge < -0.3 is 0 Å². The SMILES string of the molecule is CC1=CC=CC(C(=O)C2=CC(=O)N=N2)(c2ccccc2)C1. The Kier molecular flexibility index (Phi) is 3.22. The quantitative estimate of drug-likeness (QED) is 0.852. The van der Waals surface area contributed by atoms with Crippen molar-refractivity contribution >= 4 is 11.7 Å². The molecule has 0 fully saturated rings. The number of ketones is 1. The van der Waals surface area contributed by atoms with Crippen molar-refractivity contribution in [3.8, 4) is 0 Å². The van der Waals surface area contributed by atoms with Gasteiger partial charge >= 0.3 is 0 Å². The van der Waals surface area contributed by atoms with Gasteiger partial charge in [-0.2, -0.15) is 0 Å². The largest absolute Gasteiger partial charge is 0.291 e. The average molecular weight is 278 g/mol. The third kappa shape index (κ3) is 2.29. The average Bonchev–Trinajstić information content (AvgIpc) is 2.94. The molecule has 1 aliphatic heterocycles. The molecule has 0 radical (unpaired) electrons. The van der Waals surface area contributed by atoms with Crippen LogP contribution in [0, 0.1) is 0 Å². The highest BCUT2D eigenvalue weighted by molar-refractivity contribution is 6.10. The molecule has 0 saturated heterocycles. The Morgan fingerprint density at radius 1 is 1.19 bits per heavy atom. The number of carbonyl (C=O) groups excluding carboxylic acids is 2. The number of Topliss-reactive ketones (excluding diaryl/α,β-unsaturated/α-hetero) is 1. The Balaban J connectivity index is 2.10. The Morgan fingerprint density at radius 3 is 2.57 bits per heavy atom. The lowest BCUT2D eigenvalue weighted by molar-refractivity contribution is -0.119. The molecule has 2 aliphatic rings. The summed E-state index contributed by atoms with van der Waals surface area (Å²) < 4.78 is 0. The molecule has 4 nitrogen and oxygen atoms in total. The summed E-state index contributed by atoms with van der Waals surface area (Å²) in [6.45, 7) is 1.99. The van der Waals surface area contributed by atoms with Gasteiger partial charge in [-0.3, -0.25) is 9.59 Å². The summed E-state index contributed by atoms with van der Waals surface area (Å²) in [5.41, 5.74) is 1.32. The maximum absolute atomic E-state index is 13.0. The number of hydrogen-bond donors (Lipinski definition) is 0. The van der Waals surface area contributed by atoms with Gasteiger partial charge in [0.2, 0.25) is 0 Å². The van der Waals surface area contributed by atoms with Crippen LogP contribution in [-0.4, -0.2) is 11.7 Å². The summed E-state index contributed by atoms with van der Waals surface area (Å²) in [5.74, 6) is -0.666. The van der Waals surface area contributed by atoms with E-state index < -0.39 is 11.3 Å². The predicted molar refractivity (Wildman–Crippen MR) is 78.6 cm³/mol. The number of nitrogens with zero attached hydrogens (tertiary/aromatic N) is 2. The molecule has 1 amide bonds. The van der Waals surface area contributed by atoms with Crippen molar-refractivity contribution in [3.05, 3.63) is 71.5 Å². The summed E-state index contributed by atoms with van der Waals surface area (Å²) >= 11 is 0. The maximum Gasteiger partial charge on any atom is 0.290 e. The van der Waals surface area contributed by atoms with E-state index in [4.69, 9.17) is 0 Å². The smallest absolute Gasteiger partial charge is 0.290 e. The van der Waals surface area contributed by atoms with E-state index in [9.17, 15) is 9.59 Å². The highest BCUT2D eigenvalue weighted by atomic mass is 16.2. The predicted octanol–water partition coefficient (Wildman–Crippen LogP) is 3.28. The van der Waals surface area contributed by atoms with E-state index in [1.54, 1.807) is 0 Å². The van der Waals surface area contributed by atoms with Crippen LogP contribution in [-0.2, 0) is 15.0 Å². The first kappa shape index (κ1) is 13.4. The third-order valence-electron chi connectivity index (χ3n) is 3.76. The fourth-order valence-corrected chi connectivity index (χ4v) is 2.77. The molecule has 1 unspecified atom stereocenters. The lowest BCUT2D eigenvalue weighted by Gasteiger charge is -2.31. The minimum atomic E-state index is -0.810. The van der Waals surface area contributed by atoms with Crippen LogP contribution in [0.25, 0.3) is 0 Å². The molecule has 1 aliphatic carbocycles. The van der Waals surface area contributed by atoms with E-state index in [0.29, 0.717) is 6.42 Å². The number of benzene rings is 1. The summed E-state index contributed by atoms with van der Waals surface area (Å²) in [6, 6.07) is 9.57. The molecule has 4 heteroatoms. The maximum atomic E-state index is 13.0. The number of rotatable bonds is 3. The molecule has 0 N–H and O–H groups in total. The molecule has 104 valence electrons. The lowest BCUT2D eigenvalue weighted by atomic mass is 9.69. The minimum Gasteiger partial charge on any atom is -0.291 e. The van der Waals surface area contributed by atoms with Crippen molar-refractivity contribution < 1.29 is 9.59 Å². The van der Waals surface area contributed by atoms with Gasteiger partial charge in [0.15, 0.2) is 5.78 Å². The minimum absolute atomic E-state index is 0.128. The van der Waals surface area contributed by atoms with Crippen LogP contribution in [0.3, 0.4) is 0 Å². The van der Waals surface area contributed by atoms with Gasteiger partial charge in [-0.15, -0.1) is 10.2 Å². The number of azo groups is 1. The molecule has 0 saturated carbocycles. The second-order valence-corrected chi connectivity index (χ2v) is 5.28. The molecule has 1 aromatic carbocycles. The van der Waals surface area contributed by atoms with Gasteiger partial charge in [-0.05, 0) is 18.9 Å². The van der Waals surface area contributed by atoms with Crippen LogP contribution in [0.15, 0.2) is 76.1 Å². The second kappa shape index (κ2) is 5.05. The normalized spacial score (nSPS) is 24.0. The highest BCUT2D eigenvalue weighted by Crippen LogP contribution is 2.39. The summed E-state index contributed by atoms with van der Waals surface area (Å²) in [5, 5.41) is 7.13. The number of hydrogen-bond acceptors (Lipinski definition) is 3. The zero-order valence-corrected chi connectivity index (χ0v) is 11.6. The van der Waals surface area contributed by atoms with E-state index in [1.165, 1.54) is 6.08 Å².